The number of allylic oxidation sites excluding steroid dienone is 3. The van der Waals surface area contributed by atoms with Crippen LogP contribution in [0.1, 0.15) is 119 Å². The molecule has 0 spiro atoms. The Morgan fingerprint density at radius 3 is 2.32 bits per heavy atom. The van der Waals surface area contributed by atoms with Gasteiger partial charge in [-0.1, -0.05) is 51.5 Å². The summed E-state index contributed by atoms with van der Waals surface area (Å²) >= 11 is 0. The van der Waals surface area contributed by atoms with Gasteiger partial charge in [-0.3, -0.25) is 24.0 Å². The molecular formula is C49H76N2O14. The van der Waals surface area contributed by atoms with Crippen molar-refractivity contribution in [2.45, 2.75) is 174 Å². The second-order valence-electron chi connectivity index (χ2n) is 18.9. The largest absolute Gasteiger partial charge is 0.456 e. The molecule has 65 heavy (non-hydrogen) atoms. The number of nitrogens with one attached hydrogen (secondary N) is 1. The molecule has 2 amide bonds. The van der Waals surface area contributed by atoms with Crippen LogP contribution in [0.4, 0.5) is 0 Å². The fourth-order valence-electron chi connectivity index (χ4n) is 10.1. The van der Waals surface area contributed by atoms with Gasteiger partial charge in [-0.2, -0.15) is 0 Å². The Labute approximate surface area is 385 Å². The van der Waals surface area contributed by atoms with Gasteiger partial charge in [0, 0.05) is 51.9 Å². The van der Waals surface area contributed by atoms with Gasteiger partial charge in [0.15, 0.2) is 6.61 Å². The molecular weight excluding hydrogens is 841 g/mol. The van der Waals surface area contributed by atoms with E-state index in [-0.39, 0.29) is 56.1 Å². The summed E-state index contributed by atoms with van der Waals surface area (Å²) in [6.07, 6.45) is 5.10. The number of methoxy groups -OCH3 is 2. The number of hydrogen-bond donors (Lipinski definition) is 3. The molecule has 16 heteroatoms. The molecule has 1 aliphatic carbocycles. The number of Topliss-reactive ketones (excluding diaryl/α,β-unsaturated/α-hetero) is 2. The van der Waals surface area contributed by atoms with Gasteiger partial charge in [-0.05, 0) is 95.5 Å². The van der Waals surface area contributed by atoms with Crippen LogP contribution in [0.2, 0.25) is 0 Å². The third kappa shape index (κ3) is 14.1. The highest BCUT2D eigenvalue weighted by atomic mass is 16.7. The number of carbonyl (C=O) groups is 6. The number of piperidine rings is 1. The van der Waals surface area contributed by atoms with Crippen molar-refractivity contribution in [3.05, 3.63) is 36.0 Å². The second-order valence-corrected chi connectivity index (χ2v) is 18.9. The third-order valence-corrected chi connectivity index (χ3v) is 13.8. The average Bonchev–Trinajstić information content (AvgIpc) is 3.27. The summed E-state index contributed by atoms with van der Waals surface area (Å²) in [4.78, 5) is 82.2. The summed E-state index contributed by atoms with van der Waals surface area (Å²) in [5.74, 6) is -8.99. The first-order valence-corrected chi connectivity index (χ1v) is 23.5. The number of nitrogens with zero attached hydrogens (tertiary/aromatic N) is 1. The van der Waals surface area contributed by atoms with Crippen LogP contribution >= 0.6 is 0 Å². The van der Waals surface area contributed by atoms with Crippen molar-refractivity contribution in [1.82, 2.24) is 10.2 Å². The lowest BCUT2D eigenvalue weighted by molar-refractivity contribution is -0.302. The second kappa shape index (κ2) is 24.8. The van der Waals surface area contributed by atoms with E-state index in [4.69, 9.17) is 28.4 Å². The molecule has 0 aromatic rings. The maximum Gasteiger partial charge on any atom is 0.329 e. The van der Waals surface area contributed by atoms with Gasteiger partial charge in [-0.15, -0.1) is 6.58 Å². The van der Waals surface area contributed by atoms with Gasteiger partial charge in [0.2, 0.25) is 5.79 Å². The lowest BCUT2D eigenvalue weighted by Crippen LogP contribution is -2.64. The smallest absolute Gasteiger partial charge is 0.329 e. The lowest BCUT2D eigenvalue weighted by Gasteiger charge is -2.47. The van der Waals surface area contributed by atoms with Gasteiger partial charge in [0.25, 0.3) is 17.6 Å². The molecule has 2 saturated heterocycles. The van der Waals surface area contributed by atoms with Crippen LogP contribution in [0.15, 0.2) is 36.0 Å². The first kappa shape index (κ1) is 53.8. The van der Waals surface area contributed by atoms with E-state index in [2.05, 4.69) is 11.9 Å². The number of cyclic esters (lactones) is 1. The molecule has 14 atom stereocenters. The number of fused-ring (bicyclic) bond motifs is 3. The molecule has 0 aromatic heterocycles. The molecule has 3 aliphatic heterocycles. The Bertz CT molecular complexity index is 1750. The quantitative estimate of drug-likeness (QED) is 0.146. The minimum absolute atomic E-state index is 0.00664. The zero-order valence-electron chi connectivity index (χ0n) is 40.1. The fourth-order valence-corrected chi connectivity index (χ4v) is 10.1. The predicted molar refractivity (Wildman–Crippen MR) is 240 cm³/mol. The SMILES string of the molecule is C=CCOC1CC(C=C(C)C2OC(=O)C3CCCCN3C(=O)C(=O)C3(O)OC(C(OC)CC(C)C/C(C)=C/C(CC)C(=O)CC(O)C2C)C(OC)CC3C)CCC1NC(=O)COC(C)=O. The van der Waals surface area contributed by atoms with Crippen molar-refractivity contribution in [3.63, 3.8) is 0 Å². The van der Waals surface area contributed by atoms with Crippen molar-refractivity contribution in [2.24, 2.45) is 29.6 Å². The van der Waals surface area contributed by atoms with E-state index < -0.39 is 102 Å². The molecule has 4 rings (SSSR count). The molecule has 14 unspecified atom stereocenters. The van der Waals surface area contributed by atoms with E-state index >= 15 is 0 Å². The zero-order chi connectivity index (χ0) is 48.2. The Hall–Kier alpha value is -3.80. The maximum atomic E-state index is 14.5. The standard InChI is InChI=1S/C49H76N2O14/c1-11-19-62-40-25-34(16-17-36(40)50-43(55)27-63-33(8)52)23-30(5)44-32(7)38(53)26-39(54)35(12-2)21-28(3)20-29(4)22-41(60-9)45-42(61-10)24-31(6)49(59,65-45)46(56)47(57)51-18-14-13-15-37(51)48(58)64-44/h11,21,23,29,31-32,34-38,40-42,44-45,53,59H,1,12-20,22,24-27H2,2-10H3,(H,50,55)/b28-21+,30-23?. The highest BCUT2D eigenvalue weighted by molar-refractivity contribution is 6.39. The third-order valence-electron chi connectivity index (χ3n) is 13.8. The van der Waals surface area contributed by atoms with Gasteiger partial charge in [-0.25, -0.2) is 4.79 Å². The summed E-state index contributed by atoms with van der Waals surface area (Å²) < 4.78 is 35.3. The Morgan fingerprint density at radius 1 is 0.985 bits per heavy atom. The molecule has 1 saturated carbocycles. The van der Waals surface area contributed by atoms with E-state index in [9.17, 15) is 39.0 Å². The number of esters is 2. The molecule has 4 aliphatic rings. The normalized spacial score (nSPS) is 37.2. The Morgan fingerprint density at radius 2 is 1.68 bits per heavy atom. The molecule has 0 radical (unpaired) electrons. The molecule has 3 fully saturated rings. The predicted octanol–water partition coefficient (Wildman–Crippen LogP) is 4.72. The van der Waals surface area contributed by atoms with Crippen LogP contribution in [0, 0.1) is 29.6 Å². The maximum absolute atomic E-state index is 14.5. The van der Waals surface area contributed by atoms with Crippen molar-refractivity contribution in [2.75, 3.05) is 34.0 Å². The monoisotopic (exact) mass is 917 g/mol. The average molecular weight is 917 g/mol. The Balaban J connectivity index is 1.73. The molecule has 366 valence electrons. The number of carbonyl (C=O) groups excluding carboxylic acids is 6. The van der Waals surface area contributed by atoms with Crippen molar-refractivity contribution in [1.29, 1.82) is 0 Å². The van der Waals surface area contributed by atoms with Crippen LogP contribution in [-0.4, -0.2) is 139 Å². The molecule has 2 bridgehead atoms. The summed E-state index contributed by atoms with van der Waals surface area (Å²) in [7, 11) is 3.04. The molecule has 3 N–H and O–H groups in total. The van der Waals surface area contributed by atoms with Crippen LogP contribution in [0.5, 0.6) is 0 Å². The van der Waals surface area contributed by atoms with E-state index in [0.717, 1.165) is 10.5 Å². The number of rotatable bonds is 11. The van der Waals surface area contributed by atoms with Crippen LogP contribution in [-0.2, 0) is 57.2 Å². The molecule has 16 nitrogen and oxygen atoms in total. The van der Waals surface area contributed by atoms with Crippen molar-refractivity contribution >= 4 is 35.3 Å². The Kier molecular flexibility index (Phi) is 20.5. The summed E-state index contributed by atoms with van der Waals surface area (Å²) in [5.41, 5.74) is 1.57. The number of amides is 2. The zero-order valence-corrected chi connectivity index (χ0v) is 40.1. The van der Waals surface area contributed by atoms with Gasteiger partial charge < -0.3 is 48.9 Å². The summed E-state index contributed by atoms with van der Waals surface area (Å²) in [5, 5.41) is 26.8. The highest BCUT2D eigenvalue weighted by Crippen LogP contribution is 2.39. The van der Waals surface area contributed by atoms with Crippen molar-refractivity contribution in [3.8, 4) is 0 Å². The minimum atomic E-state index is -2.54. The number of ketones is 2. The van der Waals surface area contributed by atoms with Crippen LogP contribution < -0.4 is 5.32 Å². The summed E-state index contributed by atoms with van der Waals surface area (Å²) in [6, 6.07) is -1.56. The van der Waals surface area contributed by atoms with Gasteiger partial charge >= 0.3 is 11.9 Å². The van der Waals surface area contributed by atoms with Crippen LogP contribution in [0.3, 0.4) is 0 Å². The topological polar surface area (TPSA) is 214 Å². The molecule has 0 aromatic carbocycles. The number of aliphatic hydroxyl groups excluding tert-OH is 1. The fraction of sp³-hybridized carbons (Fsp3) is 0.755. The number of aliphatic hydroxyl groups is 2. The first-order valence-electron chi connectivity index (χ1n) is 23.5. The molecule has 3 heterocycles. The van der Waals surface area contributed by atoms with E-state index in [1.165, 1.54) is 21.1 Å². The van der Waals surface area contributed by atoms with E-state index in [1.807, 2.05) is 32.9 Å². The van der Waals surface area contributed by atoms with E-state index in [1.54, 1.807) is 26.8 Å². The highest BCUT2D eigenvalue weighted by Gasteiger charge is 2.56. The van der Waals surface area contributed by atoms with Gasteiger partial charge in [0.05, 0.1) is 37.1 Å². The van der Waals surface area contributed by atoms with Crippen molar-refractivity contribution < 1.29 is 67.4 Å². The minimum Gasteiger partial charge on any atom is -0.456 e. The van der Waals surface area contributed by atoms with Crippen LogP contribution in [0.25, 0.3) is 0 Å². The number of hydrogen-bond acceptors (Lipinski definition) is 14. The summed E-state index contributed by atoms with van der Waals surface area (Å²) in [6.45, 7) is 15.9. The number of ether oxygens (including phenoxy) is 6. The lowest BCUT2D eigenvalue weighted by atomic mass is 9.80. The van der Waals surface area contributed by atoms with E-state index in [0.29, 0.717) is 56.9 Å². The first-order chi connectivity index (χ1) is 30.8. The van der Waals surface area contributed by atoms with Gasteiger partial charge in [0.1, 0.15) is 24.0 Å².